The van der Waals surface area contributed by atoms with E-state index in [-0.39, 0.29) is 6.54 Å². The molecule has 0 radical (unpaired) electrons. The molecule has 1 aliphatic heterocycles. The monoisotopic (exact) mass is 358 g/mol. The van der Waals surface area contributed by atoms with Gasteiger partial charge >= 0.3 is 6.18 Å². The van der Waals surface area contributed by atoms with Crippen LogP contribution in [-0.4, -0.2) is 46.1 Å². The summed E-state index contributed by atoms with van der Waals surface area (Å²) >= 11 is 1.47. The highest BCUT2D eigenvalue weighted by atomic mass is 32.1. The molecule has 24 heavy (non-hydrogen) atoms. The van der Waals surface area contributed by atoms with Crippen LogP contribution in [0.25, 0.3) is 10.2 Å². The number of hydrogen-bond donors (Lipinski definition) is 1. The molecular weight excluding hydrogens is 341 g/mol. The van der Waals surface area contributed by atoms with Crippen molar-refractivity contribution in [1.82, 2.24) is 14.9 Å². The maximum atomic E-state index is 12.6. The zero-order chi connectivity index (χ0) is 17.3. The minimum absolute atomic E-state index is 0.133. The van der Waals surface area contributed by atoms with Crippen LogP contribution in [0.15, 0.2) is 11.4 Å². The second kappa shape index (κ2) is 6.54. The first-order valence-electron chi connectivity index (χ1n) is 7.73. The van der Waals surface area contributed by atoms with Crippen LogP contribution in [0.1, 0.15) is 25.6 Å². The molecule has 0 saturated carbocycles. The quantitative estimate of drug-likeness (QED) is 0.912. The number of thiophene rings is 1. The van der Waals surface area contributed by atoms with Gasteiger partial charge in [0.05, 0.1) is 5.39 Å². The highest BCUT2D eigenvalue weighted by Crippen LogP contribution is 2.28. The number of aryl methyl sites for hydroxylation is 1. The molecular formula is C15H17F3N4OS. The number of carbonyl (C=O) groups excluding carboxylic acids is 1. The molecule has 1 N–H and O–H groups in total. The molecule has 5 nitrogen and oxygen atoms in total. The van der Waals surface area contributed by atoms with E-state index in [1.807, 2.05) is 18.4 Å². The summed E-state index contributed by atoms with van der Waals surface area (Å²) in [5.41, 5.74) is 0. The van der Waals surface area contributed by atoms with Crippen LogP contribution in [0.4, 0.5) is 19.0 Å². The standard InChI is InChI=1S/C15H17F3N4OS/c1-2-11-20-12(9-5-7-24-13(9)21-11)19-10-4-3-6-22(14(10)23)8-15(16,17)18/h5,7,10H,2-4,6,8H2,1H3,(H,19,20,21). The second-order valence-electron chi connectivity index (χ2n) is 5.70. The van der Waals surface area contributed by atoms with Gasteiger partial charge in [0.2, 0.25) is 5.91 Å². The molecule has 1 saturated heterocycles. The average Bonchev–Trinajstić information content (AvgIpc) is 2.98. The Bertz CT molecular complexity index is 746. The fourth-order valence-electron chi connectivity index (χ4n) is 2.78. The Kier molecular flexibility index (Phi) is 4.62. The van der Waals surface area contributed by atoms with E-state index >= 15 is 0 Å². The summed E-state index contributed by atoms with van der Waals surface area (Å²) in [6.07, 6.45) is -2.73. The molecule has 1 fully saturated rings. The lowest BCUT2D eigenvalue weighted by atomic mass is 10.0. The lowest BCUT2D eigenvalue weighted by molar-refractivity contribution is -0.163. The van der Waals surface area contributed by atoms with Gasteiger partial charge in [0.15, 0.2) is 0 Å². The van der Waals surface area contributed by atoms with Gasteiger partial charge in [-0.2, -0.15) is 13.2 Å². The first-order chi connectivity index (χ1) is 11.4. The Morgan fingerprint density at radius 2 is 2.21 bits per heavy atom. The Labute approximate surface area is 140 Å². The summed E-state index contributed by atoms with van der Waals surface area (Å²) < 4.78 is 37.8. The summed E-state index contributed by atoms with van der Waals surface area (Å²) in [6, 6.07) is 1.16. The van der Waals surface area contributed by atoms with Gasteiger partial charge in [-0.1, -0.05) is 6.92 Å². The van der Waals surface area contributed by atoms with Crippen molar-refractivity contribution in [2.75, 3.05) is 18.4 Å². The number of rotatable bonds is 4. The molecule has 1 amide bonds. The molecule has 3 heterocycles. The Hall–Kier alpha value is -1.90. The summed E-state index contributed by atoms with van der Waals surface area (Å²) in [7, 11) is 0. The summed E-state index contributed by atoms with van der Waals surface area (Å²) in [5, 5.41) is 5.71. The van der Waals surface area contributed by atoms with Crippen molar-refractivity contribution in [3.8, 4) is 0 Å². The molecule has 0 spiro atoms. The molecule has 3 rings (SSSR count). The van der Waals surface area contributed by atoms with Gasteiger partial charge in [-0.05, 0) is 24.3 Å². The SMILES string of the molecule is CCc1nc(NC2CCCN(CC(F)(F)F)C2=O)c2ccsc2n1. The minimum atomic E-state index is -4.39. The van der Waals surface area contributed by atoms with Crippen LogP contribution in [0.5, 0.6) is 0 Å². The highest BCUT2D eigenvalue weighted by Gasteiger charge is 2.37. The second-order valence-corrected chi connectivity index (χ2v) is 6.59. The fraction of sp³-hybridized carbons (Fsp3) is 0.533. The third-order valence-corrected chi connectivity index (χ3v) is 4.71. The van der Waals surface area contributed by atoms with Crippen molar-refractivity contribution in [3.05, 3.63) is 17.3 Å². The first kappa shape index (κ1) is 16.9. The van der Waals surface area contributed by atoms with Gasteiger partial charge in [0.25, 0.3) is 0 Å². The number of likely N-dealkylation sites (tertiary alicyclic amines) is 1. The van der Waals surface area contributed by atoms with Crippen molar-refractivity contribution < 1.29 is 18.0 Å². The fourth-order valence-corrected chi connectivity index (χ4v) is 3.56. The summed E-state index contributed by atoms with van der Waals surface area (Å²) in [6.45, 7) is 0.853. The topological polar surface area (TPSA) is 58.1 Å². The molecule has 0 bridgehead atoms. The predicted octanol–water partition coefficient (Wildman–Crippen LogP) is 3.22. The van der Waals surface area contributed by atoms with Crippen molar-refractivity contribution in [3.63, 3.8) is 0 Å². The lowest BCUT2D eigenvalue weighted by Crippen LogP contribution is -2.50. The Morgan fingerprint density at radius 1 is 1.42 bits per heavy atom. The molecule has 1 unspecified atom stereocenters. The minimum Gasteiger partial charge on any atom is -0.358 e. The van der Waals surface area contributed by atoms with Crippen LogP contribution in [0.3, 0.4) is 0 Å². The number of nitrogens with zero attached hydrogens (tertiary/aromatic N) is 3. The van der Waals surface area contributed by atoms with E-state index in [1.54, 1.807) is 0 Å². The predicted molar refractivity (Wildman–Crippen MR) is 86.1 cm³/mol. The number of nitrogens with one attached hydrogen (secondary N) is 1. The maximum Gasteiger partial charge on any atom is 0.406 e. The summed E-state index contributed by atoms with van der Waals surface area (Å²) in [5.74, 6) is 0.631. The molecule has 2 aromatic rings. The van der Waals surface area contributed by atoms with Crippen LogP contribution in [-0.2, 0) is 11.2 Å². The third-order valence-electron chi connectivity index (χ3n) is 3.90. The highest BCUT2D eigenvalue weighted by molar-refractivity contribution is 7.16. The third kappa shape index (κ3) is 3.61. The zero-order valence-electron chi connectivity index (χ0n) is 13.1. The average molecular weight is 358 g/mol. The molecule has 1 atom stereocenters. The largest absolute Gasteiger partial charge is 0.406 e. The molecule has 0 aliphatic carbocycles. The van der Waals surface area contributed by atoms with Gasteiger partial charge in [-0.15, -0.1) is 11.3 Å². The van der Waals surface area contributed by atoms with Crippen LogP contribution in [0, 0.1) is 0 Å². The lowest BCUT2D eigenvalue weighted by Gasteiger charge is -2.33. The molecule has 9 heteroatoms. The van der Waals surface area contributed by atoms with Crippen molar-refractivity contribution in [2.24, 2.45) is 0 Å². The Balaban J connectivity index is 1.82. The smallest absolute Gasteiger partial charge is 0.358 e. The van der Waals surface area contributed by atoms with E-state index in [9.17, 15) is 18.0 Å². The van der Waals surface area contributed by atoms with Crippen LogP contribution in [0.2, 0.25) is 0 Å². The van der Waals surface area contributed by atoms with Crippen molar-refractivity contribution >= 4 is 33.3 Å². The zero-order valence-corrected chi connectivity index (χ0v) is 13.9. The van der Waals surface area contributed by atoms with Crippen molar-refractivity contribution in [1.29, 1.82) is 0 Å². The molecule has 2 aromatic heterocycles. The van der Waals surface area contributed by atoms with Gasteiger partial charge in [-0.3, -0.25) is 4.79 Å². The first-order valence-corrected chi connectivity index (χ1v) is 8.61. The number of hydrogen-bond acceptors (Lipinski definition) is 5. The number of aromatic nitrogens is 2. The van der Waals surface area contributed by atoms with E-state index in [4.69, 9.17) is 0 Å². The summed E-state index contributed by atoms with van der Waals surface area (Å²) in [4.78, 5) is 22.9. The van der Waals surface area contributed by atoms with Crippen LogP contribution < -0.4 is 5.32 Å². The number of piperidine rings is 1. The van der Waals surface area contributed by atoms with E-state index in [0.29, 0.717) is 30.9 Å². The number of anilines is 1. The Morgan fingerprint density at radius 3 is 2.92 bits per heavy atom. The van der Waals surface area contributed by atoms with E-state index in [2.05, 4.69) is 15.3 Å². The number of carbonyl (C=O) groups is 1. The van der Waals surface area contributed by atoms with Gasteiger partial charge in [0.1, 0.15) is 29.1 Å². The maximum absolute atomic E-state index is 12.6. The number of fused-ring (bicyclic) bond motifs is 1. The van der Waals surface area contributed by atoms with E-state index in [0.717, 1.165) is 15.1 Å². The molecule has 1 aliphatic rings. The van der Waals surface area contributed by atoms with E-state index < -0.39 is 24.7 Å². The number of halogens is 3. The van der Waals surface area contributed by atoms with Gasteiger partial charge in [-0.25, -0.2) is 9.97 Å². The van der Waals surface area contributed by atoms with E-state index in [1.165, 1.54) is 11.3 Å². The number of alkyl halides is 3. The molecule has 0 aromatic carbocycles. The van der Waals surface area contributed by atoms with Gasteiger partial charge in [0, 0.05) is 13.0 Å². The van der Waals surface area contributed by atoms with Crippen molar-refractivity contribution in [2.45, 2.75) is 38.4 Å². The molecule has 130 valence electrons. The normalized spacial score (nSPS) is 19.1. The van der Waals surface area contributed by atoms with Gasteiger partial charge < -0.3 is 10.2 Å². The van der Waals surface area contributed by atoms with Crippen LogP contribution >= 0.6 is 11.3 Å². The number of amides is 1.